The molecule has 44 heavy (non-hydrogen) atoms. The Balaban J connectivity index is 1.52. The predicted octanol–water partition coefficient (Wildman–Crippen LogP) is 4.43. The summed E-state index contributed by atoms with van der Waals surface area (Å²) >= 11 is 0. The Morgan fingerprint density at radius 3 is 2.59 bits per heavy atom. The summed E-state index contributed by atoms with van der Waals surface area (Å²) in [6.45, 7) is 12.9. The second-order valence-electron chi connectivity index (χ2n) is 12.8. The fraction of sp³-hybridized carbons (Fsp3) is 0.472. The quantitative estimate of drug-likeness (QED) is 0.202. The first kappa shape index (κ1) is 30.0. The van der Waals surface area contributed by atoms with Crippen LogP contribution in [0, 0.1) is 17.8 Å². The zero-order valence-electron chi connectivity index (χ0n) is 25.9. The van der Waals surface area contributed by atoms with Crippen molar-refractivity contribution in [3.8, 4) is 23.3 Å². The number of ether oxygens (including phenoxy) is 3. The minimum Gasteiger partial charge on any atom is -0.483 e. The van der Waals surface area contributed by atoms with E-state index in [2.05, 4.69) is 37.2 Å². The minimum absolute atomic E-state index is 0.102. The monoisotopic (exact) mass is 596 g/mol. The van der Waals surface area contributed by atoms with Gasteiger partial charge in [-0.25, -0.2) is 0 Å². The normalized spacial score (nSPS) is 27.7. The van der Waals surface area contributed by atoms with Crippen molar-refractivity contribution in [1.82, 2.24) is 9.80 Å². The van der Waals surface area contributed by atoms with Crippen LogP contribution < -0.4 is 9.47 Å². The molecule has 2 bridgehead atoms. The first-order valence-electron chi connectivity index (χ1n) is 15.5. The van der Waals surface area contributed by atoms with Gasteiger partial charge in [0.25, 0.3) is 5.91 Å². The second kappa shape index (κ2) is 11.4. The molecule has 8 nitrogen and oxygen atoms in total. The Bertz CT molecular complexity index is 1560. The molecule has 5 atom stereocenters. The summed E-state index contributed by atoms with van der Waals surface area (Å²) in [5.41, 5.74) is 1.17. The fourth-order valence-electron chi connectivity index (χ4n) is 8.45. The molecule has 0 unspecified atom stereocenters. The summed E-state index contributed by atoms with van der Waals surface area (Å²) < 4.78 is 19.2. The van der Waals surface area contributed by atoms with Crippen LogP contribution in [0.25, 0.3) is 0 Å². The zero-order valence-corrected chi connectivity index (χ0v) is 25.9. The predicted molar refractivity (Wildman–Crippen MR) is 165 cm³/mol. The molecule has 2 aliphatic heterocycles. The van der Waals surface area contributed by atoms with Gasteiger partial charge in [0.1, 0.15) is 11.7 Å². The molecule has 2 aromatic rings. The number of likely N-dealkylation sites (tertiary alicyclic amines) is 1. The zero-order chi connectivity index (χ0) is 31.2. The van der Waals surface area contributed by atoms with Crippen molar-refractivity contribution in [2.45, 2.75) is 82.6 Å². The van der Waals surface area contributed by atoms with Crippen molar-refractivity contribution in [3.63, 3.8) is 0 Å². The minimum atomic E-state index is -0.892. The SMILES string of the molecule is C=CCN1CC[C@]23c4c5ccc(OC(C)=O)c4O[C@H]2[C@H](N(CC(C)C)C(=O)C#Cc2ccccc2)CC[C@@]3(OC(C)=O)[C@H]1C5. The Morgan fingerprint density at radius 2 is 1.91 bits per heavy atom. The van der Waals surface area contributed by atoms with Gasteiger partial charge in [-0.2, -0.15) is 0 Å². The Labute approximate surface area is 259 Å². The van der Waals surface area contributed by atoms with Crippen molar-refractivity contribution in [1.29, 1.82) is 0 Å². The summed E-state index contributed by atoms with van der Waals surface area (Å²) in [6, 6.07) is 12.8. The molecular weight excluding hydrogens is 556 g/mol. The van der Waals surface area contributed by atoms with Crippen LogP contribution in [0.2, 0.25) is 0 Å². The van der Waals surface area contributed by atoms with Crippen LogP contribution in [0.5, 0.6) is 11.5 Å². The van der Waals surface area contributed by atoms with Gasteiger partial charge in [-0.1, -0.05) is 50.1 Å². The molecule has 230 valence electrons. The Kier molecular flexibility index (Phi) is 7.79. The highest BCUT2D eigenvalue weighted by atomic mass is 16.6. The molecule has 1 spiro atoms. The van der Waals surface area contributed by atoms with Gasteiger partial charge >= 0.3 is 11.9 Å². The molecule has 4 aliphatic rings. The first-order chi connectivity index (χ1) is 21.1. The van der Waals surface area contributed by atoms with E-state index in [1.54, 1.807) is 6.07 Å². The van der Waals surface area contributed by atoms with E-state index in [0.717, 1.165) is 23.2 Å². The molecule has 8 heteroatoms. The lowest BCUT2D eigenvalue weighted by Gasteiger charge is -2.65. The van der Waals surface area contributed by atoms with Crippen molar-refractivity contribution in [2.75, 3.05) is 19.6 Å². The number of esters is 2. The van der Waals surface area contributed by atoms with Gasteiger partial charge < -0.3 is 19.1 Å². The third kappa shape index (κ3) is 4.69. The van der Waals surface area contributed by atoms with E-state index < -0.39 is 23.1 Å². The first-order valence-corrected chi connectivity index (χ1v) is 15.5. The molecule has 1 amide bonds. The summed E-state index contributed by atoms with van der Waals surface area (Å²) in [6.07, 6.45) is 3.79. The maximum atomic E-state index is 14.0. The van der Waals surface area contributed by atoms with Gasteiger partial charge in [0, 0.05) is 50.5 Å². The Hall–Kier alpha value is -4.09. The van der Waals surface area contributed by atoms with Gasteiger partial charge in [-0.05, 0) is 55.4 Å². The van der Waals surface area contributed by atoms with Crippen LogP contribution in [-0.4, -0.2) is 71.1 Å². The smallest absolute Gasteiger partial charge is 0.308 e. The van der Waals surface area contributed by atoms with Crippen molar-refractivity contribution in [3.05, 3.63) is 71.8 Å². The standard InChI is InChI=1S/C36H40N2O6/c1-6-19-37-20-18-35-32-27-13-14-29(42-24(4)39)33(32)43-34(35)28(16-17-36(35,30(37)21-27)44-25(5)40)38(22-23(2)3)31(41)15-12-26-10-8-7-9-11-26/h6-11,13-14,23,28,30,34H,1,16-22H2,2-5H3/t28-,30-,34+,35+,36-/m1/s1. The third-order valence-corrected chi connectivity index (χ3v) is 9.74. The maximum absolute atomic E-state index is 14.0. The van der Waals surface area contributed by atoms with Gasteiger partial charge in [0.2, 0.25) is 0 Å². The van der Waals surface area contributed by atoms with Gasteiger partial charge in [0.05, 0.1) is 17.5 Å². The van der Waals surface area contributed by atoms with E-state index in [0.29, 0.717) is 50.3 Å². The van der Waals surface area contributed by atoms with Gasteiger partial charge in [-0.15, -0.1) is 6.58 Å². The molecule has 1 saturated heterocycles. The molecule has 0 radical (unpaired) electrons. The van der Waals surface area contributed by atoms with Crippen LogP contribution in [-0.2, 0) is 31.0 Å². The van der Waals surface area contributed by atoms with E-state index in [-0.39, 0.29) is 29.9 Å². The van der Waals surface area contributed by atoms with E-state index in [1.807, 2.05) is 47.4 Å². The molecule has 2 aliphatic carbocycles. The number of amides is 1. The lowest BCUT2D eigenvalue weighted by atomic mass is 9.48. The van der Waals surface area contributed by atoms with Gasteiger partial charge in [-0.3, -0.25) is 19.3 Å². The number of nitrogens with zero attached hydrogens (tertiary/aromatic N) is 2. The van der Waals surface area contributed by atoms with E-state index in [1.165, 1.54) is 13.8 Å². The number of hydrogen-bond donors (Lipinski definition) is 0. The highest BCUT2D eigenvalue weighted by Gasteiger charge is 2.75. The highest BCUT2D eigenvalue weighted by Crippen LogP contribution is 2.67. The van der Waals surface area contributed by atoms with E-state index in [9.17, 15) is 14.4 Å². The molecule has 0 aromatic heterocycles. The number of carbonyl (C=O) groups excluding carboxylic acids is 3. The second-order valence-corrected chi connectivity index (χ2v) is 12.8. The fourth-order valence-corrected chi connectivity index (χ4v) is 8.45. The van der Waals surface area contributed by atoms with Crippen LogP contribution in [0.15, 0.2) is 55.1 Å². The van der Waals surface area contributed by atoms with Crippen LogP contribution in [0.4, 0.5) is 0 Å². The third-order valence-electron chi connectivity index (χ3n) is 9.74. The van der Waals surface area contributed by atoms with Crippen LogP contribution >= 0.6 is 0 Å². The van der Waals surface area contributed by atoms with E-state index in [4.69, 9.17) is 14.2 Å². The summed E-state index contributed by atoms with van der Waals surface area (Å²) in [5, 5.41) is 0. The molecule has 6 rings (SSSR count). The van der Waals surface area contributed by atoms with Crippen molar-refractivity contribution >= 4 is 17.8 Å². The van der Waals surface area contributed by atoms with E-state index >= 15 is 0 Å². The molecule has 2 fully saturated rings. The van der Waals surface area contributed by atoms with Crippen molar-refractivity contribution in [2.24, 2.45) is 5.92 Å². The van der Waals surface area contributed by atoms with Gasteiger partial charge in [0.15, 0.2) is 11.5 Å². The molecule has 2 aromatic carbocycles. The number of rotatable bonds is 7. The summed E-state index contributed by atoms with van der Waals surface area (Å²) in [7, 11) is 0. The maximum Gasteiger partial charge on any atom is 0.308 e. The lowest BCUT2D eigenvalue weighted by Crippen LogP contribution is -2.79. The molecule has 1 saturated carbocycles. The number of hydrogen-bond acceptors (Lipinski definition) is 7. The Morgan fingerprint density at radius 1 is 1.14 bits per heavy atom. The lowest BCUT2D eigenvalue weighted by molar-refractivity contribution is -0.223. The largest absolute Gasteiger partial charge is 0.483 e. The van der Waals surface area contributed by atoms with Crippen LogP contribution in [0.3, 0.4) is 0 Å². The summed E-state index contributed by atoms with van der Waals surface area (Å²) in [4.78, 5) is 43.3. The molecule has 2 heterocycles. The number of piperidine rings is 1. The number of benzene rings is 2. The highest BCUT2D eigenvalue weighted by molar-refractivity contribution is 5.94. The topological polar surface area (TPSA) is 85.4 Å². The number of carbonyl (C=O) groups is 3. The van der Waals surface area contributed by atoms with Crippen molar-refractivity contribution < 1.29 is 28.6 Å². The average molecular weight is 597 g/mol. The van der Waals surface area contributed by atoms with Crippen LogP contribution in [0.1, 0.15) is 63.6 Å². The molecule has 0 N–H and O–H groups in total. The summed E-state index contributed by atoms with van der Waals surface area (Å²) in [5.74, 6) is 5.95. The molecular formula is C36H40N2O6. The average Bonchev–Trinajstić information content (AvgIpc) is 3.33.